The molecule has 8 nitrogen and oxygen atoms in total. The van der Waals surface area contributed by atoms with E-state index in [4.69, 9.17) is 0 Å². The largest absolute Gasteiger partial charge is 0.341 e. The van der Waals surface area contributed by atoms with Gasteiger partial charge >= 0.3 is 0 Å². The van der Waals surface area contributed by atoms with Gasteiger partial charge in [0, 0.05) is 32.5 Å². The molecule has 4 rings (SSSR count). The van der Waals surface area contributed by atoms with Crippen LogP contribution in [0.25, 0.3) is 10.9 Å². The van der Waals surface area contributed by atoms with Crippen molar-refractivity contribution >= 4 is 28.6 Å². The van der Waals surface area contributed by atoms with Crippen LogP contribution in [-0.2, 0) is 20.9 Å². The highest BCUT2D eigenvalue weighted by Gasteiger charge is 2.32. The molecule has 3 amide bonds. The fourth-order valence-electron chi connectivity index (χ4n) is 4.15. The molecule has 1 aromatic heterocycles. The highest BCUT2D eigenvalue weighted by Crippen LogP contribution is 2.21. The van der Waals surface area contributed by atoms with Crippen LogP contribution in [-0.4, -0.2) is 56.7 Å². The molecule has 0 N–H and O–H groups in total. The smallest absolute Gasteiger partial charge is 0.261 e. The lowest BCUT2D eigenvalue weighted by molar-refractivity contribution is -0.146. The first-order valence-electron chi connectivity index (χ1n) is 10.0. The van der Waals surface area contributed by atoms with Gasteiger partial charge in [-0.15, -0.1) is 0 Å². The molecule has 2 fully saturated rings. The number of hydrogen-bond donors (Lipinski definition) is 0. The number of para-hydroxylation sites is 1. The summed E-state index contributed by atoms with van der Waals surface area (Å²) >= 11 is 0. The van der Waals surface area contributed by atoms with Gasteiger partial charge in [-0.1, -0.05) is 12.1 Å². The summed E-state index contributed by atoms with van der Waals surface area (Å²) in [4.78, 5) is 56.1. The first-order chi connectivity index (χ1) is 13.9. The Morgan fingerprint density at radius 3 is 2.41 bits per heavy atom. The lowest BCUT2D eigenvalue weighted by atomic mass is 9.96. The summed E-state index contributed by atoms with van der Waals surface area (Å²) in [6.07, 6.45) is 1.93. The standard InChI is InChI=1S/C21H24N4O4/c1-14-22-17-5-3-2-4-16(17)21(29)24(14)12-15-8-10-23(11-9-15)20(28)13-25-18(26)6-7-19(25)27/h2-5,15H,6-13H2,1H3. The molecule has 1 aromatic carbocycles. The van der Waals surface area contributed by atoms with Crippen LogP contribution in [0.4, 0.5) is 0 Å². The van der Waals surface area contributed by atoms with Crippen molar-refractivity contribution < 1.29 is 14.4 Å². The van der Waals surface area contributed by atoms with E-state index in [-0.39, 0.29) is 48.6 Å². The first-order valence-corrected chi connectivity index (χ1v) is 10.0. The van der Waals surface area contributed by atoms with E-state index in [0.717, 1.165) is 17.7 Å². The van der Waals surface area contributed by atoms with Crippen molar-refractivity contribution in [2.24, 2.45) is 5.92 Å². The van der Waals surface area contributed by atoms with Crippen molar-refractivity contribution in [3.63, 3.8) is 0 Å². The molecular weight excluding hydrogens is 372 g/mol. The predicted octanol–water partition coefficient (Wildman–Crippen LogP) is 1.09. The molecule has 0 unspecified atom stereocenters. The third kappa shape index (κ3) is 3.79. The van der Waals surface area contributed by atoms with Crippen LogP contribution in [0.1, 0.15) is 31.5 Å². The average molecular weight is 396 g/mol. The SMILES string of the molecule is Cc1nc2ccccc2c(=O)n1CC1CCN(C(=O)CN2C(=O)CCC2=O)CC1. The van der Waals surface area contributed by atoms with Gasteiger partial charge in [-0.25, -0.2) is 4.98 Å². The molecule has 0 bridgehead atoms. The fraction of sp³-hybridized carbons (Fsp3) is 0.476. The van der Waals surface area contributed by atoms with Crippen LogP contribution >= 0.6 is 0 Å². The Morgan fingerprint density at radius 2 is 1.72 bits per heavy atom. The molecule has 152 valence electrons. The Labute approximate surface area is 168 Å². The lowest BCUT2D eigenvalue weighted by Crippen LogP contribution is -2.46. The number of piperidine rings is 1. The van der Waals surface area contributed by atoms with Gasteiger partial charge in [0.25, 0.3) is 5.56 Å². The Morgan fingerprint density at radius 1 is 1.07 bits per heavy atom. The predicted molar refractivity (Wildman–Crippen MR) is 106 cm³/mol. The molecule has 0 aliphatic carbocycles. The summed E-state index contributed by atoms with van der Waals surface area (Å²) in [5.74, 6) is 0.244. The van der Waals surface area contributed by atoms with Crippen LogP contribution in [0, 0.1) is 12.8 Å². The summed E-state index contributed by atoms with van der Waals surface area (Å²) in [5.41, 5.74) is 0.676. The summed E-state index contributed by atoms with van der Waals surface area (Å²) in [5, 5.41) is 0.616. The minimum absolute atomic E-state index is 0.0299. The first kappa shape index (κ1) is 19.3. The van der Waals surface area contributed by atoms with E-state index < -0.39 is 0 Å². The Kier molecular flexibility index (Phi) is 5.17. The summed E-state index contributed by atoms with van der Waals surface area (Å²) in [6.45, 7) is 3.39. The number of benzene rings is 1. The summed E-state index contributed by atoms with van der Waals surface area (Å²) in [7, 11) is 0. The van der Waals surface area contributed by atoms with Crippen molar-refractivity contribution in [1.82, 2.24) is 19.4 Å². The number of carbonyl (C=O) groups is 3. The van der Waals surface area contributed by atoms with Gasteiger partial charge in [0.2, 0.25) is 17.7 Å². The molecule has 0 saturated carbocycles. The van der Waals surface area contributed by atoms with E-state index in [1.54, 1.807) is 15.5 Å². The van der Waals surface area contributed by atoms with E-state index in [1.807, 2.05) is 25.1 Å². The normalized spacial score (nSPS) is 18.1. The van der Waals surface area contributed by atoms with Crippen molar-refractivity contribution in [2.45, 2.75) is 39.2 Å². The number of rotatable bonds is 4. The Bertz CT molecular complexity index is 1020. The number of likely N-dealkylation sites (tertiary alicyclic amines) is 2. The van der Waals surface area contributed by atoms with E-state index in [2.05, 4.69) is 4.98 Å². The molecule has 2 aliphatic rings. The maximum atomic E-state index is 12.8. The number of hydrogen-bond acceptors (Lipinski definition) is 5. The monoisotopic (exact) mass is 396 g/mol. The molecule has 0 atom stereocenters. The quantitative estimate of drug-likeness (QED) is 0.722. The minimum atomic E-state index is -0.267. The van der Waals surface area contributed by atoms with Crippen molar-refractivity contribution in [3.05, 3.63) is 40.4 Å². The summed E-state index contributed by atoms with van der Waals surface area (Å²) < 4.78 is 1.73. The third-order valence-electron chi connectivity index (χ3n) is 5.91. The Balaban J connectivity index is 1.39. The van der Waals surface area contributed by atoms with Gasteiger partial charge in [0.1, 0.15) is 12.4 Å². The van der Waals surface area contributed by atoms with Gasteiger partial charge in [-0.3, -0.25) is 28.6 Å². The fourth-order valence-corrected chi connectivity index (χ4v) is 4.15. The van der Waals surface area contributed by atoms with Gasteiger partial charge in [0.05, 0.1) is 10.9 Å². The van der Waals surface area contributed by atoms with Gasteiger partial charge in [-0.2, -0.15) is 0 Å². The molecule has 3 heterocycles. The van der Waals surface area contributed by atoms with Crippen molar-refractivity contribution in [1.29, 1.82) is 0 Å². The van der Waals surface area contributed by atoms with Crippen LogP contribution in [0.2, 0.25) is 0 Å². The Hall–Kier alpha value is -3.03. The van der Waals surface area contributed by atoms with Crippen LogP contribution in [0.15, 0.2) is 29.1 Å². The zero-order valence-electron chi connectivity index (χ0n) is 16.5. The van der Waals surface area contributed by atoms with Gasteiger partial charge in [0.15, 0.2) is 0 Å². The minimum Gasteiger partial charge on any atom is -0.341 e. The maximum absolute atomic E-state index is 12.8. The van der Waals surface area contributed by atoms with Gasteiger partial charge in [-0.05, 0) is 37.8 Å². The summed E-state index contributed by atoms with van der Waals surface area (Å²) in [6, 6.07) is 7.34. The van der Waals surface area contributed by atoms with Crippen LogP contribution in [0.5, 0.6) is 0 Å². The number of aryl methyl sites for hydroxylation is 1. The second kappa shape index (κ2) is 7.77. The van der Waals surface area contributed by atoms with Crippen LogP contribution < -0.4 is 5.56 Å². The second-order valence-corrected chi connectivity index (χ2v) is 7.79. The van der Waals surface area contributed by atoms with E-state index in [9.17, 15) is 19.2 Å². The van der Waals surface area contributed by atoms with Gasteiger partial charge < -0.3 is 4.90 Å². The molecule has 8 heteroatoms. The van der Waals surface area contributed by atoms with Crippen molar-refractivity contribution in [3.8, 4) is 0 Å². The molecular formula is C21H24N4O4. The number of carbonyl (C=O) groups excluding carboxylic acids is 3. The maximum Gasteiger partial charge on any atom is 0.261 e. The number of aromatic nitrogens is 2. The molecule has 29 heavy (non-hydrogen) atoms. The zero-order chi connectivity index (χ0) is 20.5. The van der Waals surface area contributed by atoms with Crippen LogP contribution in [0.3, 0.4) is 0 Å². The molecule has 2 aromatic rings. The number of fused-ring (bicyclic) bond motifs is 1. The van der Waals surface area contributed by atoms with E-state index in [1.165, 1.54) is 0 Å². The molecule has 0 radical (unpaired) electrons. The number of amides is 3. The third-order valence-corrected chi connectivity index (χ3v) is 5.91. The topological polar surface area (TPSA) is 92.6 Å². The highest BCUT2D eigenvalue weighted by atomic mass is 16.2. The second-order valence-electron chi connectivity index (χ2n) is 7.79. The lowest BCUT2D eigenvalue weighted by Gasteiger charge is -2.33. The average Bonchev–Trinajstić information content (AvgIpc) is 3.03. The molecule has 0 spiro atoms. The number of nitrogens with zero attached hydrogens (tertiary/aromatic N) is 4. The zero-order valence-corrected chi connectivity index (χ0v) is 16.5. The number of imide groups is 1. The highest BCUT2D eigenvalue weighted by molar-refractivity contribution is 6.04. The molecule has 2 aliphatic heterocycles. The van der Waals surface area contributed by atoms with E-state index in [0.29, 0.717) is 36.4 Å². The van der Waals surface area contributed by atoms with Crippen molar-refractivity contribution in [2.75, 3.05) is 19.6 Å². The molecule has 2 saturated heterocycles. The van der Waals surface area contributed by atoms with E-state index >= 15 is 0 Å².